The largest absolute Gasteiger partial charge is 0.364 e. The average molecular weight is 462 g/mol. The molecule has 7 nitrogen and oxygen atoms in total. The second-order valence-electron chi connectivity index (χ2n) is 8.17. The van der Waals surface area contributed by atoms with E-state index in [1.54, 1.807) is 23.5 Å². The standard InChI is InChI=1S/C25H25F2N7/c1-2-34-16-19(24(32-34)18-4-3-6-29-15-18)22-5-7-30-23(31-22)14-17-12-20(26)25(21(27)13-17)33-10-8-28-9-11-33/h3-7,12-13,15-16,28H,2,8-11,14H2,1H3. The molecule has 0 saturated carbocycles. The Labute approximate surface area is 196 Å². The molecule has 174 valence electrons. The molecule has 9 heteroatoms. The molecule has 0 amide bonds. The van der Waals surface area contributed by atoms with Crippen molar-refractivity contribution in [2.75, 3.05) is 31.1 Å². The number of aryl methyl sites for hydroxylation is 1. The van der Waals surface area contributed by atoms with Crippen molar-refractivity contribution in [1.29, 1.82) is 0 Å². The highest BCUT2D eigenvalue weighted by Gasteiger charge is 2.20. The number of hydrogen-bond donors (Lipinski definition) is 1. The van der Waals surface area contributed by atoms with E-state index in [9.17, 15) is 8.78 Å². The first-order valence-corrected chi connectivity index (χ1v) is 11.4. The molecule has 1 aromatic carbocycles. The molecule has 0 spiro atoms. The molecule has 34 heavy (non-hydrogen) atoms. The fourth-order valence-corrected chi connectivity index (χ4v) is 4.21. The van der Waals surface area contributed by atoms with Crippen molar-refractivity contribution in [1.82, 2.24) is 30.0 Å². The summed E-state index contributed by atoms with van der Waals surface area (Å²) in [6, 6.07) is 8.39. The van der Waals surface area contributed by atoms with Crippen LogP contribution in [0.3, 0.4) is 0 Å². The van der Waals surface area contributed by atoms with Gasteiger partial charge in [-0.05, 0) is 42.8 Å². The number of piperazine rings is 1. The SMILES string of the molecule is CCn1cc(-c2ccnc(Cc3cc(F)c(N4CCNCC4)c(F)c3)n2)c(-c2cccnc2)n1. The first-order valence-electron chi connectivity index (χ1n) is 11.4. The molecule has 1 aliphatic rings. The zero-order valence-corrected chi connectivity index (χ0v) is 18.9. The zero-order valence-electron chi connectivity index (χ0n) is 18.9. The lowest BCUT2D eigenvalue weighted by Crippen LogP contribution is -2.44. The predicted molar refractivity (Wildman–Crippen MR) is 126 cm³/mol. The summed E-state index contributed by atoms with van der Waals surface area (Å²) in [5.74, 6) is -0.639. The van der Waals surface area contributed by atoms with Gasteiger partial charge in [-0.2, -0.15) is 5.10 Å². The van der Waals surface area contributed by atoms with Gasteiger partial charge in [-0.15, -0.1) is 0 Å². The molecule has 1 N–H and O–H groups in total. The van der Waals surface area contributed by atoms with Crippen LogP contribution >= 0.6 is 0 Å². The lowest BCUT2D eigenvalue weighted by Gasteiger charge is -2.30. The van der Waals surface area contributed by atoms with Crippen LogP contribution in [0.25, 0.3) is 22.5 Å². The molecule has 0 atom stereocenters. The van der Waals surface area contributed by atoms with Gasteiger partial charge in [0.15, 0.2) is 0 Å². The summed E-state index contributed by atoms with van der Waals surface area (Å²) < 4.78 is 31.6. The van der Waals surface area contributed by atoms with E-state index >= 15 is 0 Å². The Morgan fingerprint density at radius 1 is 1.06 bits per heavy atom. The van der Waals surface area contributed by atoms with Crippen molar-refractivity contribution in [2.45, 2.75) is 19.9 Å². The van der Waals surface area contributed by atoms with Crippen LogP contribution in [0.15, 0.2) is 55.1 Å². The molecular weight excluding hydrogens is 436 g/mol. The van der Waals surface area contributed by atoms with E-state index in [1.807, 2.05) is 36.0 Å². The first-order chi connectivity index (χ1) is 16.6. The highest BCUT2D eigenvalue weighted by molar-refractivity contribution is 5.78. The van der Waals surface area contributed by atoms with Crippen LogP contribution < -0.4 is 10.2 Å². The number of aromatic nitrogens is 5. The molecule has 1 saturated heterocycles. The summed E-state index contributed by atoms with van der Waals surface area (Å²) in [5.41, 5.74) is 3.73. The van der Waals surface area contributed by atoms with Gasteiger partial charge in [-0.25, -0.2) is 18.7 Å². The Bertz CT molecular complexity index is 1260. The Balaban J connectivity index is 1.44. The highest BCUT2D eigenvalue weighted by Crippen LogP contribution is 2.30. The maximum absolute atomic E-state index is 14.9. The minimum Gasteiger partial charge on any atom is -0.364 e. The highest BCUT2D eigenvalue weighted by atomic mass is 19.1. The number of nitrogens with zero attached hydrogens (tertiary/aromatic N) is 6. The van der Waals surface area contributed by atoms with Gasteiger partial charge in [-0.3, -0.25) is 9.67 Å². The van der Waals surface area contributed by atoms with Gasteiger partial charge in [0.2, 0.25) is 0 Å². The predicted octanol–water partition coefficient (Wildman–Crippen LogP) is 3.70. The number of hydrogen-bond acceptors (Lipinski definition) is 6. The first kappa shape index (κ1) is 22.1. The lowest BCUT2D eigenvalue weighted by molar-refractivity contribution is 0.536. The topological polar surface area (TPSA) is 71.8 Å². The van der Waals surface area contributed by atoms with Crippen molar-refractivity contribution in [2.24, 2.45) is 0 Å². The average Bonchev–Trinajstić information content (AvgIpc) is 3.30. The molecular formula is C25H25F2N7. The van der Waals surface area contributed by atoms with Crippen molar-refractivity contribution in [3.05, 3.63) is 78.1 Å². The minimum atomic E-state index is -0.559. The van der Waals surface area contributed by atoms with Crippen molar-refractivity contribution in [3.8, 4) is 22.5 Å². The maximum atomic E-state index is 14.9. The third-order valence-electron chi connectivity index (χ3n) is 5.87. The Morgan fingerprint density at radius 2 is 1.85 bits per heavy atom. The van der Waals surface area contributed by atoms with Gasteiger partial charge in [0.25, 0.3) is 0 Å². The summed E-state index contributed by atoms with van der Waals surface area (Å²) in [6.07, 6.45) is 7.30. The molecule has 3 aromatic heterocycles. The summed E-state index contributed by atoms with van der Waals surface area (Å²) in [4.78, 5) is 15.0. The smallest absolute Gasteiger partial charge is 0.149 e. The van der Waals surface area contributed by atoms with Crippen LogP contribution in [0, 0.1) is 11.6 Å². The summed E-state index contributed by atoms with van der Waals surface area (Å²) in [5, 5.41) is 7.87. The van der Waals surface area contributed by atoms with Gasteiger partial charge in [0, 0.05) is 75.1 Å². The lowest BCUT2D eigenvalue weighted by atomic mass is 10.1. The van der Waals surface area contributed by atoms with Gasteiger partial charge < -0.3 is 10.2 Å². The quantitative estimate of drug-likeness (QED) is 0.472. The fraction of sp³-hybridized carbons (Fsp3) is 0.280. The van der Waals surface area contributed by atoms with E-state index in [0.717, 1.165) is 16.8 Å². The van der Waals surface area contributed by atoms with Crippen LogP contribution in [0.2, 0.25) is 0 Å². The number of nitrogens with one attached hydrogen (secondary N) is 1. The van der Waals surface area contributed by atoms with Gasteiger partial charge in [0.05, 0.1) is 5.69 Å². The molecule has 4 heterocycles. The van der Waals surface area contributed by atoms with Crippen molar-refractivity contribution < 1.29 is 8.78 Å². The number of benzene rings is 1. The molecule has 4 aromatic rings. The number of halogens is 2. The van der Waals surface area contributed by atoms with Gasteiger partial charge >= 0.3 is 0 Å². The van der Waals surface area contributed by atoms with E-state index < -0.39 is 11.6 Å². The zero-order chi connectivity index (χ0) is 23.5. The minimum absolute atomic E-state index is 0.0352. The molecule has 0 aliphatic carbocycles. The van der Waals surface area contributed by atoms with Crippen LogP contribution in [-0.2, 0) is 13.0 Å². The second kappa shape index (κ2) is 9.64. The third kappa shape index (κ3) is 4.51. The number of anilines is 1. The molecule has 0 unspecified atom stereocenters. The molecule has 1 fully saturated rings. The van der Waals surface area contributed by atoms with E-state index in [2.05, 4.69) is 20.4 Å². The fourth-order valence-electron chi connectivity index (χ4n) is 4.21. The van der Waals surface area contributed by atoms with E-state index in [1.165, 1.54) is 12.1 Å². The van der Waals surface area contributed by atoms with E-state index in [0.29, 0.717) is 49.8 Å². The third-order valence-corrected chi connectivity index (χ3v) is 5.87. The van der Waals surface area contributed by atoms with Crippen LogP contribution in [-0.4, -0.2) is 50.9 Å². The Hall–Kier alpha value is -3.72. The summed E-state index contributed by atoms with van der Waals surface area (Å²) in [6.45, 7) is 5.28. The molecule has 5 rings (SSSR count). The maximum Gasteiger partial charge on any atom is 0.149 e. The van der Waals surface area contributed by atoms with Crippen LogP contribution in [0.4, 0.5) is 14.5 Å². The van der Waals surface area contributed by atoms with Crippen LogP contribution in [0.5, 0.6) is 0 Å². The van der Waals surface area contributed by atoms with Crippen molar-refractivity contribution in [3.63, 3.8) is 0 Å². The van der Waals surface area contributed by atoms with E-state index in [-0.39, 0.29) is 12.1 Å². The second-order valence-corrected chi connectivity index (χ2v) is 8.17. The van der Waals surface area contributed by atoms with Crippen molar-refractivity contribution >= 4 is 5.69 Å². The van der Waals surface area contributed by atoms with Gasteiger partial charge in [0.1, 0.15) is 28.8 Å². The normalized spacial score (nSPS) is 13.9. The Kier molecular flexibility index (Phi) is 6.27. The van der Waals surface area contributed by atoms with E-state index in [4.69, 9.17) is 4.98 Å². The summed E-state index contributed by atoms with van der Waals surface area (Å²) >= 11 is 0. The molecule has 0 radical (unpaired) electrons. The van der Waals surface area contributed by atoms with Crippen LogP contribution in [0.1, 0.15) is 18.3 Å². The summed E-state index contributed by atoms with van der Waals surface area (Å²) in [7, 11) is 0. The number of rotatable bonds is 6. The van der Waals surface area contributed by atoms with Gasteiger partial charge in [-0.1, -0.05) is 0 Å². The Morgan fingerprint density at radius 3 is 2.56 bits per heavy atom. The monoisotopic (exact) mass is 461 g/mol. The number of pyridine rings is 1. The molecule has 1 aliphatic heterocycles. The molecule has 0 bridgehead atoms.